The lowest BCUT2D eigenvalue weighted by Crippen LogP contribution is -2.44. The average molecular weight is 331 g/mol. The molecule has 138 valence electrons. The molecular formula is C19H38O4. The fourth-order valence-corrected chi connectivity index (χ4v) is 2.86. The first kappa shape index (κ1) is 22.4. The molecule has 0 heterocycles. The summed E-state index contributed by atoms with van der Waals surface area (Å²) in [5.74, 6) is -0.815. The molecule has 0 aliphatic carbocycles. The van der Waals surface area contributed by atoms with Crippen LogP contribution in [0.5, 0.6) is 0 Å². The van der Waals surface area contributed by atoms with Crippen LogP contribution in [0.2, 0.25) is 0 Å². The second-order valence-corrected chi connectivity index (χ2v) is 5.91. The van der Waals surface area contributed by atoms with E-state index in [2.05, 4.69) is 13.8 Å². The van der Waals surface area contributed by atoms with Crippen molar-refractivity contribution in [3.8, 4) is 0 Å². The molecule has 0 aliphatic heterocycles. The molecule has 0 aliphatic rings. The molecule has 0 aromatic carbocycles. The summed E-state index contributed by atoms with van der Waals surface area (Å²) in [6.45, 7) is 4.98. The third-order valence-electron chi connectivity index (χ3n) is 4.27. The van der Waals surface area contributed by atoms with E-state index in [1.165, 1.54) is 32.1 Å². The summed E-state index contributed by atoms with van der Waals surface area (Å²) in [7, 11) is 4.91. The Bertz CT molecular complexity index is 266. The SMILES string of the molecule is CCC=COCCC(CCCCCCCC)C(OC)(OC)OC. The Morgan fingerprint density at radius 2 is 1.43 bits per heavy atom. The number of ether oxygens (including phenoxy) is 4. The number of hydrogen-bond acceptors (Lipinski definition) is 4. The molecule has 23 heavy (non-hydrogen) atoms. The third-order valence-corrected chi connectivity index (χ3v) is 4.27. The van der Waals surface area contributed by atoms with Crippen molar-refractivity contribution < 1.29 is 18.9 Å². The van der Waals surface area contributed by atoms with Crippen LogP contribution in [0.4, 0.5) is 0 Å². The third kappa shape index (κ3) is 9.33. The Morgan fingerprint density at radius 1 is 0.826 bits per heavy atom. The average Bonchev–Trinajstić information content (AvgIpc) is 2.58. The fraction of sp³-hybridized carbons (Fsp3) is 0.895. The molecule has 0 spiro atoms. The molecular weight excluding hydrogens is 292 g/mol. The van der Waals surface area contributed by atoms with Gasteiger partial charge in [-0.25, -0.2) is 0 Å². The first-order valence-corrected chi connectivity index (χ1v) is 9.12. The van der Waals surface area contributed by atoms with Crippen molar-refractivity contribution in [1.82, 2.24) is 0 Å². The number of methoxy groups -OCH3 is 3. The summed E-state index contributed by atoms with van der Waals surface area (Å²) in [5.41, 5.74) is 0. The molecule has 0 bridgehead atoms. The van der Waals surface area contributed by atoms with Gasteiger partial charge in [-0.15, -0.1) is 0 Å². The lowest BCUT2D eigenvalue weighted by molar-refractivity contribution is -0.380. The van der Waals surface area contributed by atoms with E-state index in [1.807, 2.05) is 6.08 Å². The highest BCUT2D eigenvalue weighted by Gasteiger charge is 2.39. The van der Waals surface area contributed by atoms with Crippen LogP contribution in [0.3, 0.4) is 0 Å². The number of rotatable bonds is 16. The number of hydrogen-bond donors (Lipinski definition) is 0. The van der Waals surface area contributed by atoms with E-state index in [1.54, 1.807) is 27.6 Å². The molecule has 0 N–H and O–H groups in total. The summed E-state index contributed by atoms with van der Waals surface area (Å²) >= 11 is 0. The molecule has 0 fully saturated rings. The molecule has 4 nitrogen and oxygen atoms in total. The van der Waals surface area contributed by atoms with Gasteiger partial charge in [-0.1, -0.05) is 58.4 Å². The van der Waals surface area contributed by atoms with Crippen LogP contribution < -0.4 is 0 Å². The summed E-state index contributed by atoms with van der Waals surface area (Å²) in [6.07, 6.45) is 14.3. The monoisotopic (exact) mass is 330 g/mol. The topological polar surface area (TPSA) is 36.9 Å². The van der Waals surface area contributed by atoms with Crippen molar-refractivity contribution in [3.63, 3.8) is 0 Å². The largest absolute Gasteiger partial charge is 0.502 e. The maximum atomic E-state index is 5.55. The molecule has 4 heteroatoms. The number of allylic oxidation sites excluding steroid dienone is 1. The van der Waals surface area contributed by atoms with Gasteiger partial charge in [0.05, 0.1) is 12.9 Å². The van der Waals surface area contributed by atoms with Gasteiger partial charge in [0, 0.05) is 27.2 Å². The van der Waals surface area contributed by atoms with Gasteiger partial charge < -0.3 is 18.9 Å². The zero-order valence-electron chi connectivity index (χ0n) is 15.9. The predicted octanol–water partition coefficient (Wildman–Crippen LogP) is 5.28. The second-order valence-electron chi connectivity index (χ2n) is 5.91. The fourth-order valence-electron chi connectivity index (χ4n) is 2.86. The zero-order chi connectivity index (χ0) is 17.4. The summed E-state index contributed by atoms with van der Waals surface area (Å²) in [6, 6.07) is 0. The van der Waals surface area contributed by atoms with E-state index in [-0.39, 0.29) is 5.92 Å². The quantitative estimate of drug-likeness (QED) is 0.219. The first-order valence-electron chi connectivity index (χ1n) is 9.12. The molecule has 0 rings (SSSR count). The second kappa shape index (κ2) is 15.0. The lowest BCUT2D eigenvalue weighted by atomic mass is 9.94. The van der Waals surface area contributed by atoms with Crippen molar-refractivity contribution in [1.29, 1.82) is 0 Å². The minimum absolute atomic E-state index is 0.156. The highest BCUT2D eigenvalue weighted by Crippen LogP contribution is 2.31. The Balaban J connectivity index is 4.39. The van der Waals surface area contributed by atoms with Gasteiger partial charge in [0.15, 0.2) is 0 Å². The van der Waals surface area contributed by atoms with Crippen LogP contribution >= 0.6 is 0 Å². The van der Waals surface area contributed by atoms with E-state index in [4.69, 9.17) is 18.9 Å². The van der Waals surface area contributed by atoms with Crippen LogP contribution in [0.1, 0.15) is 71.6 Å². The Hall–Kier alpha value is -0.580. The van der Waals surface area contributed by atoms with Crippen LogP contribution in [0.15, 0.2) is 12.3 Å². The van der Waals surface area contributed by atoms with Crippen molar-refractivity contribution in [2.24, 2.45) is 5.92 Å². The van der Waals surface area contributed by atoms with Gasteiger partial charge in [0.25, 0.3) is 5.97 Å². The van der Waals surface area contributed by atoms with Gasteiger partial charge in [0.1, 0.15) is 0 Å². The Morgan fingerprint density at radius 3 is 2.00 bits per heavy atom. The molecule has 0 aromatic heterocycles. The van der Waals surface area contributed by atoms with Crippen molar-refractivity contribution >= 4 is 0 Å². The van der Waals surface area contributed by atoms with Crippen LogP contribution in [-0.4, -0.2) is 33.9 Å². The van der Waals surface area contributed by atoms with Gasteiger partial charge in [-0.2, -0.15) is 0 Å². The minimum atomic E-state index is -0.971. The standard InChI is InChI=1S/C19H38O4/c1-6-8-10-11-12-13-14-18(15-17-23-16-9-7-2)19(20-3,21-4)22-5/h9,16,18H,6-8,10-15,17H2,1-5H3. The van der Waals surface area contributed by atoms with Crippen LogP contribution in [0.25, 0.3) is 0 Å². The van der Waals surface area contributed by atoms with E-state index in [0.29, 0.717) is 6.61 Å². The Kier molecular flexibility index (Phi) is 14.6. The molecule has 0 amide bonds. The maximum absolute atomic E-state index is 5.55. The van der Waals surface area contributed by atoms with Gasteiger partial charge >= 0.3 is 0 Å². The smallest absolute Gasteiger partial charge is 0.285 e. The van der Waals surface area contributed by atoms with E-state index >= 15 is 0 Å². The molecule has 0 aromatic rings. The van der Waals surface area contributed by atoms with Gasteiger partial charge in [-0.3, -0.25) is 0 Å². The maximum Gasteiger partial charge on any atom is 0.285 e. The van der Waals surface area contributed by atoms with Crippen molar-refractivity contribution in [2.45, 2.75) is 77.6 Å². The van der Waals surface area contributed by atoms with E-state index < -0.39 is 5.97 Å². The molecule has 0 radical (unpaired) electrons. The summed E-state index contributed by atoms with van der Waals surface area (Å²) in [4.78, 5) is 0. The minimum Gasteiger partial charge on any atom is -0.502 e. The predicted molar refractivity (Wildman–Crippen MR) is 95.2 cm³/mol. The normalized spacial score (nSPS) is 13.6. The first-order chi connectivity index (χ1) is 11.2. The van der Waals surface area contributed by atoms with Gasteiger partial charge in [-0.05, 0) is 19.3 Å². The molecule has 0 saturated heterocycles. The molecule has 1 unspecified atom stereocenters. The molecule has 0 saturated carbocycles. The van der Waals surface area contributed by atoms with Crippen molar-refractivity contribution in [2.75, 3.05) is 27.9 Å². The zero-order valence-corrected chi connectivity index (χ0v) is 15.9. The number of unbranched alkanes of at least 4 members (excludes halogenated alkanes) is 5. The van der Waals surface area contributed by atoms with Crippen molar-refractivity contribution in [3.05, 3.63) is 12.3 Å². The lowest BCUT2D eigenvalue weighted by Gasteiger charge is -2.36. The Labute approximate surface area is 143 Å². The van der Waals surface area contributed by atoms with E-state index in [0.717, 1.165) is 25.7 Å². The molecule has 1 atom stereocenters. The van der Waals surface area contributed by atoms with Crippen LogP contribution in [0, 0.1) is 5.92 Å². The van der Waals surface area contributed by atoms with Crippen LogP contribution in [-0.2, 0) is 18.9 Å². The highest BCUT2D eigenvalue weighted by molar-refractivity contribution is 4.74. The van der Waals surface area contributed by atoms with E-state index in [9.17, 15) is 0 Å². The summed E-state index contributed by atoms with van der Waals surface area (Å²) < 4.78 is 22.2. The highest BCUT2D eigenvalue weighted by atomic mass is 16.9. The summed E-state index contributed by atoms with van der Waals surface area (Å²) in [5, 5.41) is 0. The van der Waals surface area contributed by atoms with Gasteiger partial charge in [0.2, 0.25) is 0 Å².